The maximum absolute atomic E-state index is 6.54. The van der Waals surface area contributed by atoms with Crippen LogP contribution in [0.3, 0.4) is 0 Å². The van der Waals surface area contributed by atoms with Gasteiger partial charge in [0, 0.05) is 22.5 Å². The molecule has 1 aliphatic heterocycles. The molecule has 1 fully saturated rings. The second-order valence-corrected chi connectivity index (χ2v) is 7.23. The summed E-state index contributed by atoms with van der Waals surface area (Å²) in [7, 11) is 0. The molecule has 3 rings (SSSR count). The summed E-state index contributed by atoms with van der Waals surface area (Å²) in [5, 5.41) is 3.66. The van der Waals surface area contributed by atoms with Gasteiger partial charge in [-0.2, -0.15) is 0 Å². The molecule has 1 heterocycles. The van der Waals surface area contributed by atoms with Gasteiger partial charge in [0.2, 0.25) is 0 Å². The maximum Gasteiger partial charge on any atom is 0.125 e. The third kappa shape index (κ3) is 2.50. The predicted octanol–water partition coefficient (Wildman–Crippen LogP) is 4.83. The lowest BCUT2D eigenvalue weighted by atomic mass is 9.71. The van der Waals surface area contributed by atoms with E-state index in [2.05, 4.69) is 53.3 Å². The molecule has 20 heavy (non-hydrogen) atoms. The Labute approximate surface area is 130 Å². The van der Waals surface area contributed by atoms with Crippen LogP contribution in [0.25, 0.3) is 0 Å². The first-order valence-electron chi connectivity index (χ1n) is 7.86. The van der Waals surface area contributed by atoms with Gasteiger partial charge in [0.15, 0.2) is 0 Å². The van der Waals surface area contributed by atoms with Crippen molar-refractivity contribution in [3.8, 4) is 5.75 Å². The van der Waals surface area contributed by atoms with E-state index in [0.717, 1.165) is 23.2 Å². The summed E-state index contributed by atoms with van der Waals surface area (Å²) in [6, 6.07) is 6.85. The van der Waals surface area contributed by atoms with E-state index < -0.39 is 0 Å². The van der Waals surface area contributed by atoms with Crippen molar-refractivity contribution in [2.75, 3.05) is 6.54 Å². The Balaban J connectivity index is 1.98. The first-order chi connectivity index (χ1) is 9.64. The molecule has 0 saturated heterocycles. The summed E-state index contributed by atoms with van der Waals surface area (Å²) in [5.41, 5.74) is 1.36. The van der Waals surface area contributed by atoms with Crippen LogP contribution in [-0.4, -0.2) is 12.1 Å². The number of nitrogens with one attached hydrogen (secondary N) is 1. The average molecular weight is 338 g/mol. The first kappa shape index (κ1) is 14.4. The summed E-state index contributed by atoms with van der Waals surface area (Å²) < 4.78 is 7.68. The van der Waals surface area contributed by atoms with Crippen molar-refractivity contribution in [2.45, 2.75) is 57.6 Å². The first-order valence-corrected chi connectivity index (χ1v) is 8.66. The van der Waals surface area contributed by atoms with Crippen molar-refractivity contribution in [1.29, 1.82) is 0 Å². The molecule has 1 saturated carbocycles. The van der Waals surface area contributed by atoms with E-state index in [9.17, 15) is 0 Å². The number of hydrogen-bond donors (Lipinski definition) is 1. The predicted molar refractivity (Wildman–Crippen MR) is 86.2 cm³/mol. The second-order valence-electron chi connectivity index (χ2n) is 6.31. The van der Waals surface area contributed by atoms with Crippen molar-refractivity contribution < 1.29 is 4.74 Å². The fourth-order valence-corrected chi connectivity index (χ4v) is 4.25. The van der Waals surface area contributed by atoms with Gasteiger partial charge in [0.05, 0.1) is 0 Å². The zero-order chi connectivity index (χ0) is 14.2. The lowest BCUT2D eigenvalue weighted by Gasteiger charge is -2.48. The Morgan fingerprint density at radius 2 is 2.25 bits per heavy atom. The molecule has 1 N–H and O–H groups in total. The van der Waals surface area contributed by atoms with Crippen LogP contribution in [0.4, 0.5) is 0 Å². The van der Waals surface area contributed by atoms with Gasteiger partial charge in [-0.15, -0.1) is 0 Å². The van der Waals surface area contributed by atoms with E-state index >= 15 is 0 Å². The molecular formula is C17H24BrNO. The highest BCUT2D eigenvalue weighted by atomic mass is 79.9. The summed E-state index contributed by atoms with van der Waals surface area (Å²) in [4.78, 5) is 0. The topological polar surface area (TPSA) is 21.3 Å². The summed E-state index contributed by atoms with van der Waals surface area (Å²) in [6.07, 6.45) is 6.25. The van der Waals surface area contributed by atoms with Crippen LogP contribution in [0.5, 0.6) is 5.75 Å². The highest BCUT2D eigenvalue weighted by molar-refractivity contribution is 9.10. The molecular weight excluding hydrogens is 314 g/mol. The molecule has 2 aliphatic rings. The lowest BCUT2D eigenvalue weighted by molar-refractivity contribution is -0.0442. The zero-order valence-corrected chi connectivity index (χ0v) is 14.0. The number of hydrogen-bond acceptors (Lipinski definition) is 2. The zero-order valence-electron chi connectivity index (χ0n) is 12.4. The van der Waals surface area contributed by atoms with Crippen molar-refractivity contribution in [3.63, 3.8) is 0 Å². The Morgan fingerprint density at radius 1 is 1.40 bits per heavy atom. The Bertz CT molecular complexity index is 490. The molecule has 0 bridgehead atoms. The Morgan fingerprint density at radius 3 is 3.00 bits per heavy atom. The van der Waals surface area contributed by atoms with E-state index in [0.29, 0.717) is 12.0 Å². The number of ether oxygens (including phenoxy) is 1. The molecule has 3 atom stereocenters. The van der Waals surface area contributed by atoms with Crippen LogP contribution < -0.4 is 10.1 Å². The minimum Gasteiger partial charge on any atom is -0.487 e. The average Bonchev–Trinajstić information content (AvgIpc) is 2.44. The van der Waals surface area contributed by atoms with Gasteiger partial charge in [-0.3, -0.25) is 0 Å². The highest BCUT2D eigenvalue weighted by Crippen LogP contribution is 2.48. The van der Waals surface area contributed by atoms with E-state index in [1.165, 1.54) is 31.2 Å². The molecule has 1 aromatic rings. The molecule has 2 nitrogen and oxygen atoms in total. The third-order valence-corrected chi connectivity index (χ3v) is 5.54. The van der Waals surface area contributed by atoms with Crippen LogP contribution >= 0.6 is 15.9 Å². The van der Waals surface area contributed by atoms with Crippen LogP contribution in [0.1, 0.15) is 57.6 Å². The molecule has 3 heteroatoms. The Hall–Kier alpha value is -0.540. The molecule has 1 spiro atoms. The van der Waals surface area contributed by atoms with E-state index in [1.807, 2.05) is 0 Å². The molecule has 0 aromatic heterocycles. The molecule has 1 aliphatic carbocycles. The normalized spacial score (nSPS) is 32.8. The fourth-order valence-electron chi connectivity index (χ4n) is 3.87. The van der Waals surface area contributed by atoms with Crippen LogP contribution in [0, 0.1) is 5.92 Å². The van der Waals surface area contributed by atoms with Crippen LogP contribution in [0.2, 0.25) is 0 Å². The van der Waals surface area contributed by atoms with E-state index in [1.54, 1.807) is 0 Å². The number of benzene rings is 1. The van der Waals surface area contributed by atoms with Crippen molar-refractivity contribution in [2.24, 2.45) is 5.92 Å². The Kier molecular flexibility index (Phi) is 4.09. The van der Waals surface area contributed by atoms with Crippen LogP contribution in [0.15, 0.2) is 22.7 Å². The summed E-state index contributed by atoms with van der Waals surface area (Å²) in [5.74, 6) is 1.73. The van der Waals surface area contributed by atoms with E-state index in [4.69, 9.17) is 4.74 Å². The fraction of sp³-hybridized carbons (Fsp3) is 0.647. The number of fused-ring (bicyclic) bond motifs is 1. The van der Waals surface area contributed by atoms with Gasteiger partial charge in [-0.25, -0.2) is 0 Å². The third-order valence-electron chi connectivity index (χ3n) is 5.05. The van der Waals surface area contributed by atoms with Gasteiger partial charge in [-0.1, -0.05) is 36.2 Å². The standard InChI is InChI=1S/C17H24BrNO/c1-3-19-15-11-17(9-5-4-6-12(17)2)20-16-8-7-13(18)10-14(15)16/h7-8,10,12,15,19H,3-6,9,11H2,1-2H3. The maximum atomic E-state index is 6.54. The van der Waals surface area contributed by atoms with Gasteiger partial charge < -0.3 is 10.1 Å². The smallest absolute Gasteiger partial charge is 0.125 e. The second kappa shape index (κ2) is 5.69. The van der Waals surface area contributed by atoms with E-state index in [-0.39, 0.29) is 5.60 Å². The van der Waals surface area contributed by atoms with Gasteiger partial charge >= 0.3 is 0 Å². The minimum atomic E-state index is 0.0475. The lowest BCUT2D eigenvalue weighted by Crippen LogP contribution is -2.50. The molecule has 1 aromatic carbocycles. The van der Waals surface area contributed by atoms with Crippen molar-refractivity contribution in [3.05, 3.63) is 28.2 Å². The molecule has 0 amide bonds. The number of rotatable bonds is 2. The van der Waals surface area contributed by atoms with Crippen molar-refractivity contribution >= 4 is 15.9 Å². The monoisotopic (exact) mass is 337 g/mol. The molecule has 0 radical (unpaired) electrons. The molecule has 3 unspecified atom stereocenters. The van der Waals surface area contributed by atoms with Crippen LogP contribution in [-0.2, 0) is 0 Å². The number of halogens is 1. The molecule has 110 valence electrons. The quantitative estimate of drug-likeness (QED) is 0.834. The summed E-state index contributed by atoms with van der Waals surface area (Å²) in [6.45, 7) is 5.55. The van der Waals surface area contributed by atoms with Gasteiger partial charge in [-0.05, 0) is 49.9 Å². The van der Waals surface area contributed by atoms with Gasteiger partial charge in [0.25, 0.3) is 0 Å². The SMILES string of the molecule is CCNC1CC2(CCCCC2C)Oc2ccc(Br)cc21. The minimum absolute atomic E-state index is 0.0475. The summed E-state index contributed by atoms with van der Waals surface area (Å²) >= 11 is 3.59. The van der Waals surface area contributed by atoms with Crippen molar-refractivity contribution in [1.82, 2.24) is 5.32 Å². The van der Waals surface area contributed by atoms with Gasteiger partial charge in [0.1, 0.15) is 11.4 Å². The highest BCUT2D eigenvalue weighted by Gasteiger charge is 2.45. The largest absolute Gasteiger partial charge is 0.487 e.